The molecule has 29 heavy (non-hydrogen) atoms. The van der Waals surface area contributed by atoms with Crippen molar-refractivity contribution in [3.63, 3.8) is 0 Å². The van der Waals surface area contributed by atoms with E-state index in [9.17, 15) is 18.0 Å². The minimum Gasteiger partial charge on any atom is -0.484 e. The highest BCUT2D eigenvalue weighted by molar-refractivity contribution is 7.91. The van der Waals surface area contributed by atoms with Crippen molar-refractivity contribution in [2.45, 2.75) is 32.4 Å². The van der Waals surface area contributed by atoms with Crippen LogP contribution in [0.4, 0.5) is 0 Å². The molecule has 1 atom stereocenters. The number of ketones is 1. The third-order valence-corrected chi connectivity index (χ3v) is 6.78. The molecule has 7 heteroatoms. The lowest BCUT2D eigenvalue weighted by Gasteiger charge is -2.28. The minimum atomic E-state index is -3.12. The Hall–Kier alpha value is -2.67. The van der Waals surface area contributed by atoms with Crippen LogP contribution in [0.15, 0.2) is 54.6 Å². The number of carbonyl (C=O) groups is 2. The lowest BCUT2D eigenvalue weighted by Crippen LogP contribution is -2.43. The molecule has 0 bridgehead atoms. The molecular formula is C22H25NO5S. The number of ether oxygens (including phenoxy) is 1. The van der Waals surface area contributed by atoms with E-state index < -0.39 is 9.84 Å². The van der Waals surface area contributed by atoms with Gasteiger partial charge in [0.15, 0.2) is 22.2 Å². The molecule has 3 rings (SSSR count). The normalized spacial score (nSPS) is 17.6. The molecule has 1 heterocycles. The van der Waals surface area contributed by atoms with E-state index in [0.717, 1.165) is 5.56 Å². The van der Waals surface area contributed by atoms with Crippen molar-refractivity contribution in [2.24, 2.45) is 0 Å². The fourth-order valence-corrected chi connectivity index (χ4v) is 5.12. The molecule has 0 saturated carbocycles. The number of sulfone groups is 1. The number of amides is 1. The summed E-state index contributed by atoms with van der Waals surface area (Å²) in [7, 11) is -3.12. The highest BCUT2D eigenvalue weighted by Gasteiger charge is 2.34. The van der Waals surface area contributed by atoms with Crippen molar-refractivity contribution >= 4 is 21.5 Å². The van der Waals surface area contributed by atoms with Crippen molar-refractivity contribution in [2.75, 3.05) is 18.1 Å². The Bertz CT molecular complexity index is 954. The quantitative estimate of drug-likeness (QED) is 0.620. The fraction of sp³-hybridized carbons (Fsp3) is 0.364. The first kappa shape index (κ1) is 21.0. The topological polar surface area (TPSA) is 80.8 Å². The lowest BCUT2D eigenvalue weighted by atomic mass is 10.1. The van der Waals surface area contributed by atoms with Gasteiger partial charge in [-0.3, -0.25) is 9.59 Å². The van der Waals surface area contributed by atoms with Crippen LogP contribution in [0.3, 0.4) is 0 Å². The zero-order chi connectivity index (χ0) is 20.9. The third kappa shape index (κ3) is 5.67. The molecule has 2 aromatic carbocycles. The molecule has 6 nitrogen and oxygen atoms in total. The van der Waals surface area contributed by atoms with Gasteiger partial charge in [0.1, 0.15) is 5.75 Å². The van der Waals surface area contributed by atoms with Crippen molar-refractivity contribution in [3.8, 4) is 5.75 Å². The van der Waals surface area contributed by atoms with E-state index in [-0.39, 0.29) is 35.8 Å². The first-order valence-electron chi connectivity index (χ1n) is 9.68. The van der Waals surface area contributed by atoms with Gasteiger partial charge in [-0.2, -0.15) is 0 Å². The van der Waals surface area contributed by atoms with Crippen LogP contribution < -0.4 is 4.74 Å². The molecule has 0 unspecified atom stereocenters. The highest BCUT2D eigenvalue weighted by Crippen LogP contribution is 2.21. The maximum absolute atomic E-state index is 12.9. The zero-order valence-corrected chi connectivity index (χ0v) is 17.2. The molecule has 0 aliphatic carbocycles. The van der Waals surface area contributed by atoms with Gasteiger partial charge in [-0.05, 0) is 36.2 Å². The predicted octanol–water partition coefficient (Wildman–Crippen LogP) is 2.87. The first-order chi connectivity index (χ1) is 13.9. The molecule has 1 amide bonds. The molecule has 1 fully saturated rings. The molecule has 2 aromatic rings. The highest BCUT2D eigenvalue weighted by atomic mass is 32.2. The van der Waals surface area contributed by atoms with Gasteiger partial charge in [0, 0.05) is 24.6 Å². The summed E-state index contributed by atoms with van der Waals surface area (Å²) in [5, 5.41) is 0. The maximum atomic E-state index is 12.9. The summed E-state index contributed by atoms with van der Waals surface area (Å²) in [5.41, 5.74) is 1.54. The van der Waals surface area contributed by atoms with Crippen LogP contribution >= 0.6 is 0 Å². The Morgan fingerprint density at radius 1 is 1.07 bits per heavy atom. The largest absolute Gasteiger partial charge is 0.484 e. The zero-order valence-electron chi connectivity index (χ0n) is 16.4. The Balaban J connectivity index is 1.68. The average molecular weight is 416 g/mol. The summed E-state index contributed by atoms with van der Waals surface area (Å²) in [6.07, 6.45) is 0.867. The smallest absolute Gasteiger partial charge is 0.261 e. The second kappa shape index (κ2) is 9.22. The number of hydrogen-bond acceptors (Lipinski definition) is 5. The summed E-state index contributed by atoms with van der Waals surface area (Å²) >= 11 is 0. The second-order valence-corrected chi connectivity index (χ2v) is 9.38. The van der Waals surface area contributed by atoms with Gasteiger partial charge in [-0.15, -0.1) is 0 Å². The van der Waals surface area contributed by atoms with E-state index >= 15 is 0 Å². The van der Waals surface area contributed by atoms with Gasteiger partial charge < -0.3 is 9.64 Å². The molecule has 0 radical (unpaired) electrons. The summed E-state index contributed by atoms with van der Waals surface area (Å²) < 4.78 is 29.4. The predicted molar refractivity (Wildman–Crippen MR) is 111 cm³/mol. The molecule has 1 aliphatic heterocycles. The number of carbonyl (C=O) groups excluding carboxylic acids is 2. The van der Waals surface area contributed by atoms with Crippen molar-refractivity contribution in [3.05, 3.63) is 65.7 Å². The van der Waals surface area contributed by atoms with Crippen molar-refractivity contribution < 1.29 is 22.7 Å². The Morgan fingerprint density at radius 3 is 2.34 bits per heavy atom. The lowest BCUT2D eigenvalue weighted by molar-refractivity contribution is -0.136. The SMILES string of the molecule is CCC(=O)c1ccc(OCC(=O)N(Cc2ccccc2)[C@@H]2CCS(=O)(=O)C2)cc1. The van der Waals surface area contributed by atoms with Gasteiger partial charge in [0.05, 0.1) is 11.5 Å². The average Bonchev–Trinajstić information content (AvgIpc) is 3.10. The van der Waals surface area contributed by atoms with E-state index in [1.54, 1.807) is 36.1 Å². The van der Waals surface area contributed by atoms with Crippen LogP contribution in [-0.4, -0.2) is 49.2 Å². The van der Waals surface area contributed by atoms with Crippen LogP contribution in [0.2, 0.25) is 0 Å². The van der Waals surface area contributed by atoms with Gasteiger partial charge in [-0.1, -0.05) is 37.3 Å². The molecule has 0 N–H and O–H groups in total. The maximum Gasteiger partial charge on any atom is 0.261 e. The van der Waals surface area contributed by atoms with Crippen molar-refractivity contribution in [1.29, 1.82) is 0 Å². The van der Waals surface area contributed by atoms with E-state index in [1.807, 2.05) is 30.3 Å². The summed E-state index contributed by atoms with van der Waals surface area (Å²) in [4.78, 5) is 26.2. The van der Waals surface area contributed by atoms with E-state index in [0.29, 0.717) is 30.7 Å². The van der Waals surface area contributed by atoms with Gasteiger partial charge in [-0.25, -0.2) is 8.42 Å². The standard InChI is InChI=1S/C22H25NO5S/c1-2-21(24)18-8-10-20(11-9-18)28-15-22(25)23(14-17-6-4-3-5-7-17)19-12-13-29(26,27)16-19/h3-11,19H,2,12-16H2,1H3/t19-/m1/s1. The van der Waals surface area contributed by atoms with E-state index in [1.165, 1.54) is 0 Å². The van der Waals surface area contributed by atoms with Crippen LogP contribution in [0.25, 0.3) is 0 Å². The van der Waals surface area contributed by atoms with Gasteiger partial charge >= 0.3 is 0 Å². The molecule has 0 spiro atoms. The van der Waals surface area contributed by atoms with Crippen LogP contribution in [0, 0.1) is 0 Å². The molecule has 154 valence electrons. The minimum absolute atomic E-state index is 0.0145. The summed E-state index contributed by atoms with van der Waals surface area (Å²) in [6, 6.07) is 15.8. The first-order valence-corrected chi connectivity index (χ1v) is 11.5. The second-order valence-electron chi connectivity index (χ2n) is 7.15. The van der Waals surface area contributed by atoms with E-state index in [2.05, 4.69) is 0 Å². The summed E-state index contributed by atoms with van der Waals surface area (Å²) in [5.74, 6) is 0.363. The monoisotopic (exact) mass is 415 g/mol. The Labute approximate surface area is 171 Å². The number of rotatable bonds is 8. The molecule has 1 saturated heterocycles. The van der Waals surface area contributed by atoms with Gasteiger partial charge in [0.25, 0.3) is 5.91 Å². The van der Waals surface area contributed by atoms with Gasteiger partial charge in [0.2, 0.25) is 0 Å². The summed E-state index contributed by atoms with van der Waals surface area (Å²) in [6.45, 7) is 1.95. The Morgan fingerprint density at radius 2 is 1.76 bits per heavy atom. The van der Waals surface area contributed by atoms with Crippen LogP contribution in [0.5, 0.6) is 5.75 Å². The number of nitrogens with zero attached hydrogens (tertiary/aromatic N) is 1. The number of hydrogen-bond donors (Lipinski definition) is 0. The fourth-order valence-electron chi connectivity index (χ4n) is 3.39. The van der Waals surface area contributed by atoms with E-state index in [4.69, 9.17) is 4.74 Å². The van der Waals surface area contributed by atoms with Crippen LogP contribution in [-0.2, 0) is 21.2 Å². The third-order valence-electron chi connectivity index (χ3n) is 5.02. The molecule has 0 aromatic heterocycles. The molecular weight excluding hydrogens is 390 g/mol. The van der Waals surface area contributed by atoms with Crippen molar-refractivity contribution in [1.82, 2.24) is 4.90 Å². The Kier molecular flexibility index (Phi) is 6.69. The number of Topliss-reactive ketones (excluding diaryl/α,β-unsaturated/α-hetero) is 1. The molecule has 1 aliphatic rings. The van der Waals surface area contributed by atoms with Crippen LogP contribution in [0.1, 0.15) is 35.7 Å². The number of benzene rings is 2.